The van der Waals surface area contributed by atoms with Crippen molar-refractivity contribution in [3.05, 3.63) is 70.2 Å². The van der Waals surface area contributed by atoms with Gasteiger partial charge in [0.2, 0.25) is 0 Å². The zero-order valence-corrected chi connectivity index (χ0v) is 18.2. The normalized spacial score (nSPS) is 17.7. The summed E-state index contributed by atoms with van der Waals surface area (Å²) >= 11 is 12.0. The molecule has 0 saturated carbocycles. The van der Waals surface area contributed by atoms with Crippen LogP contribution in [0.1, 0.15) is 12.0 Å². The minimum atomic E-state index is -3.20. The van der Waals surface area contributed by atoms with Crippen LogP contribution in [0.5, 0.6) is 0 Å². The molecule has 1 atom stereocenters. The molecule has 9 heteroatoms. The zero-order chi connectivity index (χ0) is 21.7. The lowest BCUT2D eigenvalue weighted by atomic mass is 10.2. The summed E-state index contributed by atoms with van der Waals surface area (Å²) in [6.45, 7) is -0.516. The van der Waals surface area contributed by atoms with Crippen LogP contribution in [0.4, 0.5) is 5.69 Å². The van der Waals surface area contributed by atoms with Crippen molar-refractivity contribution in [2.24, 2.45) is 0 Å². The molecule has 0 aromatic heterocycles. The van der Waals surface area contributed by atoms with Gasteiger partial charge in [-0.15, -0.1) is 0 Å². The van der Waals surface area contributed by atoms with Crippen molar-refractivity contribution >= 4 is 56.7 Å². The molecule has 3 rings (SSSR count). The second kappa shape index (κ2) is 9.64. The Morgan fingerprint density at radius 2 is 1.83 bits per heavy atom. The number of ether oxygens (including phenoxy) is 1. The first-order chi connectivity index (χ1) is 14.3. The van der Waals surface area contributed by atoms with Gasteiger partial charge in [0.25, 0.3) is 5.91 Å². The maximum atomic E-state index is 12.8. The second-order valence-corrected chi connectivity index (χ2v) is 9.75. The third kappa shape index (κ3) is 5.62. The minimum absolute atomic E-state index is 0.0250. The van der Waals surface area contributed by atoms with E-state index in [1.165, 1.54) is 11.0 Å². The quantitative estimate of drug-likeness (QED) is 0.476. The number of para-hydroxylation sites is 1. The van der Waals surface area contributed by atoms with E-state index in [2.05, 4.69) is 0 Å². The lowest BCUT2D eigenvalue weighted by molar-refractivity contribution is -0.143. The number of hydrogen-bond acceptors (Lipinski definition) is 5. The Hall–Kier alpha value is -2.35. The van der Waals surface area contributed by atoms with Crippen LogP contribution in [0.25, 0.3) is 6.08 Å². The average Bonchev–Trinajstić information content (AvgIpc) is 3.07. The molecule has 1 unspecified atom stereocenters. The van der Waals surface area contributed by atoms with Crippen LogP contribution in [-0.4, -0.2) is 44.4 Å². The van der Waals surface area contributed by atoms with Gasteiger partial charge < -0.3 is 9.64 Å². The average molecular weight is 468 g/mol. The van der Waals surface area contributed by atoms with Crippen molar-refractivity contribution in [1.82, 2.24) is 0 Å². The largest absolute Gasteiger partial charge is 0.452 e. The molecule has 2 aromatic carbocycles. The summed E-state index contributed by atoms with van der Waals surface area (Å²) in [7, 11) is -3.20. The number of carbonyl (C=O) groups is 2. The summed E-state index contributed by atoms with van der Waals surface area (Å²) in [5.41, 5.74) is 1.09. The van der Waals surface area contributed by atoms with Crippen LogP contribution in [0.15, 0.2) is 54.6 Å². The predicted molar refractivity (Wildman–Crippen MR) is 117 cm³/mol. The van der Waals surface area contributed by atoms with E-state index < -0.39 is 34.4 Å². The van der Waals surface area contributed by atoms with Gasteiger partial charge in [-0.3, -0.25) is 4.79 Å². The number of nitrogens with zero attached hydrogens (tertiary/aromatic N) is 1. The molecule has 1 fully saturated rings. The molecule has 1 aliphatic rings. The third-order valence-electron chi connectivity index (χ3n) is 4.59. The van der Waals surface area contributed by atoms with Gasteiger partial charge in [0, 0.05) is 11.8 Å². The van der Waals surface area contributed by atoms with Gasteiger partial charge in [0.1, 0.15) is 0 Å². The fraction of sp³-hybridized carbons (Fsp3) is 0.238. The fourth-order valence-corrected chi connectivity index (χ4v) is 5.25. The topological polar surface area (TPSA) is 80.8 Å². The number of amides is 1. The second-order valence-electron chi connectivity index (χ2n) is 6.74. The number of sulfone groups is 1. The SMILES string of the molecule is O=C(/C=C/c1cccc(Cl)c1Cl)OCC(=O)N(c1ccccc1)C1CCS(=O)(=O)C1. The fourth-order valence-electron chi connectivity index (χ4n) is 3.18. The van der Waals surface area contributed by atoms with Gasteiger partial charge in [0.15, 0.2) is 16.4 Å². The molecule has 1 heterocycles. The van der Waals surface area contributed by atoms with Crippen molar-refractivity contribution in [2.75, 3.05) is 23.0 Å². The van der Waals surface area contributed by atoms with Crippen LogP contribution in [0, 0.1) is 0 Å². The first-order valence-electron chi connectivity index (χ1n) is 9.13. The van der Waals surface area contributed by atoms with E-state index in [-0.39, 0.29) is 11.5 Å². The monoisotopic (exact) mass is 467 g/mol. The Labute approximate surface area is 185 Å². The van der Waals surface area contributed by atoms with Crippen LogP contribution in [0.2, 0.25) is 10.0 Å². The van der Waals surface area contributed by atoms with E-state index in [0.717, 1.165) is 6.08 Å². The number of carbonyl (C=O) groups excluding carboxylic acids is 2. The summed E-state index contributed by atoms with van der Waals surface area (Å²) in [5.74, 6) is -1.32. The van der Waals surface area contributed by atoms with Crippen LogP contribution in [0.3, 0.4) is 0 Å². The van der Waals surface area contributed by atoms with Gasteiger partial charge in [0.05, 0.1) is 27.6 Å². The van der Waals surface area contributed by atoms with Gasteiger partial charge in [-0.1, -0.05) is 53.5 Å². The molecule has 158 valence electrons. The third-order valence-corrected chi connectivity index (χ3v) is 7.18. The highest BCUT2D eigenvalue weighted by molar-refractivity contribution is 7.91. The van der Waals surface area contributed by atoms with Crippen molar-refractivity contribution in [3.8, 4) is 0 Å². The number of benzene rings is 2. The van der Waals surface area contributed by atoms with Gasteiger partial charge >= 0.3 is 5.97 Å². The molecule has 30 heavy (non-hydrogen) atoms. The van der Waals surface area contributed by atoms with Gasteiger partial charge in [-0.25, -0.2) is 13.2 Å². The number of hydrogen-bond donors (Lipinski definition) is 0. The highest BCUT2D eigenvalue weighted by Crippen LogP contribution is 2.27. The van der Waals surface area contributed by atoms with Crippen molar-refractivity contribution in [1.29, 1.82) is 0 Å². The number of halogens is 2. The zero-order valence-electron chi connectivity index (χ0n) is 15.8. The molecule has 2 aromatic rings. The molecule has 0 spiro atoms. The molecule has 1 aliphatic heterocycles. The van der Waals surface area contributed by atoms with Gasteiger partial charge in [-0.05, 0) is 36.3 Å². The molecule has 6 nitrogen and oxygen atoms in total. The summed E-state index contributed by atoms with van der Waals surface area (Å²) < 4.78 is 28.8. The van der Waals surface area contributed by atoms with E-state index in [4.69, 9.17) is 27.9 Å². The lowest BCUT2D eigenvalue weighted by Crippen LogP contribution is -2.43. The van der Waals surface area contributed by atoms with Gasteiger partial charge in [-0.2, -0.15) is 0 Å². The first kappa shape index (κ1) is 22.3. The van der Waals surface area contributed by atoms with Crippen molar-refractivity contribution in [2.45, 2.75) is 12.5 Å². The Balaban J connectivity index is 1.68. The van der Waals surface area contributed by atoms with E-state index in [1.807, 2.05) is 0 Å². The highest BCUT2D eigenvalue weighted by atomic mass is 35.5. The first-order valence-corrected chi connectivity index (χ1v) is 11.7. The Morgan fingerprint density at radius 1 is 1.10 bits per heavy atom. The van der Waals surface area contributed by atoms with E-state index >= 15 is 0 Å². The Kier molecular flexibility index (Phi) is 7.18. The number of esters is 1. The maximum absolute atomic E-state index is 12.8. The summed E-state index contributed by atoms with van der Waals surface area (Å²) in [4.78, 5) is 26.3. The molecule has 0 bridgehead atoms. The highest BCUT2D eigenvalue weighted by Gasteiger charge is 2.35. The number of anilines is 1. The molecular formula is C21H19Cl2NO5S. The van der Waals surface area contributed by atoms with Crippen LogP contribution in [-0.2, 0) is 24.2 Å². The maximum Gasteiger partial charge on any atom is 0.331 e. The Morgan fingerprint density at radius 3 is 2.50 bits per heavy atom. The predicted octanol–water partition coefficient (Wildman–Crippen LogP) is 3.77. The standard InChI is InChI=1S/C21H19Cl2NO5S/c22-18-8-4-5-15(21(18)23)9-10-20(26)29-13-19(25)24(16-6-2-1-3-7-16)17-11-12-30(27,28)14-17/h1-10,17H,11-14H2/b10-9+. The summed E-state index contributed by atoms with van der Waals surface area (Å²) in [6.07, 6.45) is 2.93. The smallest absolute Gasteiger partial charge is 0.331 e. The van der Waals surface area contributed by atoms with E-state index in [1.54, 1.807) is 48.5 Å². The van der Waals surface area contributed by atoms with E-state index in [9.17, 15) is 18.0 Å². The summed E-state index contributed by atoms with van der Waals surface area (Å²) in [6, 6.07) is 13.2. The summed E-state index contributed by atoms with van der Waals surface area (Å²) in [5, 5.41) is 0.657. The van der Waals surface area contributed by atoms with Crippen molar-refractivity contribution < 1.29 is 22.7 Å². The number of rotatable bonds is 6. The van der Waals surface area contributed by atoms with Crippen molar-refractivity contribution in [3.63, 3.8) is 0 Å². The molecule has 0 radical (unpaired) electrons. The van der Waals surface area contributed by atoms with E-state index in [0.29, 0.717) is 27.7 Å². The molecule has 1 saturated heterocycles. The molecule has 0 aliphatic carbocycles. The molecular weight excluding hydrogens is 449 g/mol. The van der Waals surface area contributed by atoms with Crippen LogP contribution < -0.4 is 4.90 Å². The van der Waals surface area contributed by atoms with Crippen LogP contribution >= 0.6 is 23.2 Å². The Bertz CT molecular complexity index is 1070. The molecule has 1 amide bonds. The molecule has 0 N–H and O–H groups in total. The lowest BCUT2D eigenvalue weighted by Gasteiger charge is -2.28. The minimum Gasteiger partial charge on any atom is -0.452 e.